The number of likely N-dealkylation sites (tertiary alicyclic amines) is 1. The van der Waals surface area contributed by atoms with E-state index in [1.807, 2.05) is 13.8 Å². The number of hydrogen-bond donors (Lipinski definition) is 3. The Balaban J connectivity index is 1.38. The Hall–Kier alpha value is -3.50. The lowest BCUT2D eigenvalue weighted by molar-refractivity contribution is -0.137. The Morgan fingerprint density at radius 1 is 1.14 bits per heavy atom. The molecule has 3 amide bonds. The Bertz CT molecular complexity index is 1270. The number of H-pyrrole nitrogens is 1. The van der Waals surface area contributed by atoms with Gasteiger partial charge in [0.15, 0.2) is 0 Å². The van der Waals surface area contributed by atoms with Crippen LogP contribution >= 0.6 is 0 Å². The molecule has 2 saturated heterocycles. The van der Waals surface area contributed by atoms with Crippen molar-refractivity contribution in [2.45, 2.75) is 32.2 Å². The highest BCUT2D eigenvalue weighted by molar-refractivity contribution is 6.34. The van der Waals surface area contributed by atoms with E-state index in [0.29, 0.717) is 91.6 Å². The van der Waals surface area contributed by atoms with Crippen molar-refractivity contribution in [3.63, 3.8) is 0 Å². The molecule has 0 aliphatic carbocycles. The number of aryl methyl sites for hydroxylation is 1. The molecule has 0 bridgehead atoms. The summed E-state index contributed by atoms with van der Waals surface area (Å²) in [6.45, 7) is 6.88. The molecule has 3 aliphatic rings. The summed E-state index contributed by atoms with van der Waals surface area (Å²) < 4.78 is 19.3. The number of aromatic amines is 1. The summed E-state index contributed by atoms with van der Waals surface area (Å²) in [6.07, 6.45) is 2.60. The zero-order valence-electron chi connectivity index (χ0n) is 20.4. The van der Waals surface area contributed by atoms with Crippen molar-refractivity contribution in [3.8, 4) is 0 Å². The van der Waals surface area contributed by atoms with E-state index < -0.39 is 11.4 Å². The maximum Gasteiger partial charge on any atom is 0.256 e. The number of rotatable bonds is 4. The van der Waals surface area contributed by atoms with Crippen molar-refractivity contribution in [2.24, 2.45) is 5.73 Å². The van der Waals surface area contributed by atoms with Gasteiger partial charge < -0.3 is 25.7 Å². The molecule has 2 aromatic rings. The second-order valence-corrected chi connectivity index (χ2v) is 9.65. The first kappa shape index (κ1) is 24.2. The molecule has 4 heterocycles. The third-order valence-corrected chi connectivity index (χ3v) is 7.70. The van der Waals surface area contributed by atoms with Gasteiger partial charge in [-0.3, -0.25) is 19.3 Å². The highest BCUT2D eigenvalue weighted by Gasteiger charge is 2.46. The number of morpholine rings is 1. The number of nitrogens with zero attached hydrogens (tertiary/aromatic N) is 2. The zero-order valence-corrected chi connectivity index (χ0v) is 20.4. The van der Waals surface area contributed by atoms with E-state index in [1.54, 1.807) is 11.0 Å². The first-order valence-electron chi connectivity index (χ1n) is 12.2. The SMILES string of the molecule is Cc1[nH]c(/C=C2\C(=O)Nc3ccc(F)cc32)c(C)c1C(=O)N1CCC(C(N)=O)(N2CCOCC2)CC1. The van der Waals surface area contributed by atoms with Crippen LogP contribution in [0.25, 0.3) is 11.6 Å². The summed E-state index contributed by atoms with van der Waals surface area (Å²) in [4.78, 5) is 45.7. The summed E-state index contributed by atoms with van der Waals surface area (Å²) in [6, 6.07) is 4.15. The lowest BCUT2D eigenvalue weighted by Crippen LogP contribution is -2.64. The molecule has 9 nitrogen and oxygen atoms in total. The minimum Gasteiger partial charge on any atom is -0.379 e. The number of nitrogens with two attached hydrogens (primary N) is 1. The largest absolute Gasteiger partial charge is 0.379 e. The number of nitrogens with one attached hydrogen (secondary N) is 2. The van der Waals surface area contributed by atoms with Gasteiger partial charge in [-0.1, -0.05) is 0 Å². The van der Waals surface area contributed by atoms with Gasteiger partial charge in [-0.05, 0) is 56.5 Å². The first-order valence-corrected chi connectivity index (χ1v) is 12.2. The van der Waals surface area contributed by atoms with Gasteiger partial charge in [0.25, 0.3) is 11.8 Å². The minimum atomic E-state index is -0.767. The number of hydrogen-bond acceptors (Lipinski definition) is 5. The Kier molecular flexibility index (Phi) is 6.17. The molecule has 5 rings (SSSR count). The molecule has 0 radical (unpaired) electrons. The molecule has 1 aromatic heterocycles. The molecular weight excluding hydrogens is 465 g/mol. The Labute approximate surface area is 208 Å². The number of aromatic nitrogens is 1. The molecular formula is C26H30FN5O4. The highest BCUT2D eigenvalue weighted by Crippen LogP contribution is 2.35. The van der Waals surface area contributed by atoms with Crippen LogP contribution < -0.4 is 11.1 Å². The summed E-state index contributed by atoms with van der Waals surface area (Å²) in [7, 11) is 0. The number of carbonyl (C=O) groups excluding carboxylic acids is 3. The first-order chi connectivity index (χ1) is 17.2. The second-order valence-electron chi connectivity index (χ2n) is 9.65. The average Bonchev–Trinajstić information content (AvgIpc) is 3.33. The molecule has 0 unspecified atom stereocenters. The van der Waals surface area contributed by atoms with E-state index in [0.717, 1.165) is 0 Å². The molecule has 3 aliphatic heterocycles. The van der Waals surface area contributed by atoms with Gasteiger partial charge in [0.2, 0.25) is 5.91 Å². The van der Waals surface area contributed by atoms with Crippen LogP contribution in [-0.2, 0) is 14.3 Å². The normalized spacial score (nSPS) is 20.9. The van der Waals surface area contributed by atoms with Crippen LogP contribution in [0.2, 0.25) is 0 Å². The zero-order chi connectivity index (χ0) is 25.6. The summed E-state index contributed by atoms with van der Waals surface area (Å²) >= 11 is 0. The van der Waals surface area contributed by atoms with E-state index in [-0.39, 0.29) is 17.7 Å². The molecule has 36 heavy (non-hydrogen) atoms. The van der Waals surface area contributed by atoms with Gasteiger partial charge in [-0.15, -0.1) is 0 Å². The maximum atomic E-state index is 13.8. The summed E-state index contributed by atoms with van der Waals surface area (Å²) in [5, 5.41) is 2.74. The van der Waals surface area contributed by atoms with Gasteiger partial charge in [-0.2, -0.15) is 0 Å². The third-order valence-electron chi connectivity index (χ3n) is 7.70. The van der Waals surface area contributed by atoms with Gasteiger partial charge in [0.05, 0.1) is 24.4 Å². The molecule has 10 heteroatoms. The Morgan fingerprint density at radius 2 is 1.83 bits per heavy atom. The van der Waals surface area contributed by atoms with Gasteiger partial charge in [0, 0.05) is 48.8 Å². The number of piperidine rings is 1. The van der Waals surface area contributed by atoms with E-state index in [2.05, 4.69) is 15.2 Å². The smallest absolute Gasteiger partial charge is 0.256 e. The van der Waals surface area contributed by atoms with Gasteiger partial charge >= 0.3 is 0 Å². The minimum absolute atomic E-state index is 0.131. The van der Waals surface area contributed by atoms with Gasteiger partial charge in [0.1, 0.15) is 11.4 Å². The predicted molar refractivity (Wildman–Crippen MR) is 133 cm³/mol. The fraction of sp³-hybridized carbons (Fsp3) is 0.423. The predicted octanol–water partition coefficient (Wildman–Crippen LogP) is 2.06. The number of ether oxygens (including phenoxy) is 1. The van der Waals surface area contributed by atoms with Crippen LogP contribution in [0, 0.1) is 19.7 Å². The molecule has 1 aromatic carbocycles. The van der Waals surface area contributed by atoms with E-state index in [1.165, 1.54) is 18.2 Å². The van der Waals surface area contributed by atoms with Crippen LogP contribution in [0.3, 0.4) is 0 Å². The number of fused-ring (bicyclic) bond motifs is 1. The van der Waals surface area contributed by atoms with Gasteiger partial charge in [-0.25, -0.2) is 4.39 Å². The molecule has 0 atom stereocenters. The number of primary amides is 1. The van der Waals surface area contributed by atoms with Crippen molar-refractivity contribution in [1.82, 2.24) is 14.8 Å². The molecule has 0 saturated carbocycles. The molecule has 190 valence electrons. The fourth-order valence-electron chi connectivity index (χ4n) is 5.63. The number of anilines is 1. The fourth-order valence-corrected chi connectivity index (χ4v) is 5.63. The van der Waals surface area contributed by atoms with Crippen molar-refractivity contribution >= 4 is 35.1 Å². The number of halogens is 1. The second kappa shape index (κ2) is 9.18. The summed E-state index contributed by atoms with van der Waals surface area (Å²) in [5.41, 5.74) is 9.02. The molecule has 2 fully saturated rings. The molecule has 0 spiro atoms. The number of benzene rings is 1. The quantitative estimate of drug-likeness (QED) is 0.561. The van der Waals surface area contributed by atoms with Crippen molar-refractivity contribution in [2.75, 3.05) is 44.7 Å². The number of carbonyl (C=O) groups is 3. The van der Waals surface area contributed by atoms with E-state index >= 15 is 0 Å². The average molecular weight is 496 g/mol. The third kappa shape index (κ3) is 4.00. The lowest BCUT2D eigenvalue weighted by Gasteiger charge is -2.47. The monoisotopic (exact) mass is 495 g/mol. The van der Waals surface area contributed by atoms with Crippen LogP contribution in [0.4, 0.5) is 10.1 Å². The van der Waals surface area contributed by atoms with Crippen molar-refractivity contribution < 1.29 is 23.5 Å². The van der Waals surface area contributed by atoms with Crippen molar-refractivity contribution in [3.05, 3.63) is 52.1 Å². The van der Waals surface area contributed by atoms with Crippen LogP contribution in [-0.4, -0.2) is 77.4 Å². The molecule has 4 N–H and O–H groups in total. The van der Waals surface area contributed by atoms with Crippen LogP contribution in [0.1, 0.15) is 45.7 Å². The van der Waals surface area contributed by atoms with E-state index in [9.17, 15) is 18.8 Å². The standard InChI is InChI=1S/C26H30FN5O4/c1-15-21(14-19-18-13-17(27)3-4-20(18)30-23(19)33)29-16(2)22(15)24(34)31-7-5-26(6-8-31,25(28)35)32-9-11-36-12-10-32/h3-4,13-14,29H,5-12H2,1-2H3,(H2,28,35)(H,30,33)/b19-14-. The van der Waals surface area contributed by atoms with Crippen molar-refractivity contribution in [1.29, 1.82) is 0 Å². The van der Waals surface area contributed by atoms with Crippen LogP contribution in [0.15, 0.2) is 18.2 Å². The van der Waals surface area contributed by atoms with E-state index in [4.69, 9.17) is 10.5 Å². The maximum absolute atomic E-state index is 13.8. The summed E-state index contributed by atoms with van der Waals surface area (Å²) in [5.74, 6) is -1.24. The highest BCUT2D eigenvalue weighted by atomic mass is 19.1. The number of amides is 3. The lowest BCUT2D eigenvalue weighted by atomic mass is 9.84. The van der Waals surface area contributed by atoms with Crippen LogP contribution in [0.5, 0.6) is 0 Å². The Morgan fingerprint density at radius 3 is 2.50 bits per heavy atom. The topological polar surface area (TPSA) is 121 Å².